The van der Waals surface area contributed by atoms with Gasteiger partial charge in [0.15, 0.2) is 0 Å². The highest BCUT2D eigenvalue weighted by molar-refractivity contribution is 7.10. The maximum absolute atomic E-state index is 13.3. The zero-order valence-electron chi connectivity index (χ0n) is 19.1. The number of rotatable bonds is 5. The Labute approximate surface area is 206 Å². The number of furan rings is 1. The van der Waals surface area contributed by atoms with E-state index in [4.69, 9.17) is 4.42 Å². The van der Waals surface area contributed by atoms with Gasteiger partial charge in [-0.2, -0.15) is 5.10 Å². The van der Waals surface area contributed by atoms with Crippen LogP contribution in [-0.4, -0.2) is 70.0 Å². The molecule has 4 aromatic rings. The maximum atomic E-state index is 13.3. The minimum atomic E-state index is -0.118. The van der Waals surface area contributed by atoms with Crippen LogP contribution in [0.15, 0.2) is 75.8 Å². The Morgan fingerprint density at radius 1 is 1.06 bits per heavy atom. The van der Waals surface area contributed by atoms with Crippen molar-refractivity contribution in [1.82, 2.24) is 19.8 Å². The summed E-state index contributed by atoms with van der Waals surface area (Å²) in [5, 5.41) is 9.32. The number of para-hydroxylation sites is 1. The van der Waals surface area contributed by atoms with Gasteiger partial charge in [0.05, 0.1) is 18.8 Å². The summed E-state index contributed by atoms with van der Waals surface area (Å²) in [5.41, 5.74) is 2.35. The van der Waals surface area contributed by atoms with E-state index >= 15 is 0 Å². The van der Waals surface area contributed by atoms with Gasteiger partial charge in [-0.3, -0.25) is 14.5 Å². The maximum Gasteiger partial charge on any atom is 0.270 e. The van der Waals surface area contributed by atoms with Crippen molar-refractivity contribution in [3.63, 3.8) is 0 Å². The van der Waals surface area contributed by atoms with E-state index in [0.717, 1.165) is 21.5 Å². The summed E-state index contributed by atoms with van der Waals surface area (Å²) in [6.45, 7) is 2.71. The minimum absolute atomic E-state index is 0.00262. The summed E-state index contributed by atoms with van der Waals surface area (Å²) in [6, 6.07) is 17.4. The molecule has 2 aliphatic heterocycles. The Balaban J connectivity index is 1.10. The van der Waals surface area contributed by atoms with E-state index in [-0.39, 0.29) is 24.4 Å². The molecule has 1 unspecified atom stereocenters. The molecule has 0 spiro atoms. The Bertz CT molecular complexity index is 1330. The standard InChI is InChI=1S/C26H25N5O3S/c32-25(31-22(24-8-4-14-35-24)16-20(28-31)23-7-3-13-34-23)17-29-9-11-30(12-10-29)26(33)21-15-18-5-1-2-6-19(18)27-21/h1-8,13-15,22,27H,9-12,16-17H2. The first-order chi connectivity index (χ1) is 17.2. The second-order valence-electron chi connectivity index (χ2n) is 8.84. The molecule has 9 heteroatoms. The fourth-order valence-electron chi connectivity index (χ4n) is 4.77. The number of aromatic nitrogens is 1. The molecular weight excluding hydrogens is 462 g/mol. The van der Waals surface area contributed by atoms with Gasteiger partial charge in [0.2, 0.25) is 0 Å². The molecule has 1 fully saturated rings. The summed E-state index contributed by atoms with van der Waals surface area (Å²) in [5.74, 6) is 0.656. The summed E-state index contributed by atoms with van der Waals surface area (Å²) in [4.78, 5) is 34.6. The molecular formula is C26H25N5O3S. The number of fused-ring (bicyclic) bond motifs is 1. The summed E-state index contributed by atoms with van der Waals surface area (Å²) < 4.78 is 5.54. The SMILES string of the molecule is O=C(c1cc2ccccc2[nH]1)N1CCN(CC(=O)N2N=C(c3ccco3)CC2c2cccs2)CC1. The summed E-state index contributed by atoms with van der Waals surface area (Å²) >= 11 is 1.63. The molecule has 0 bridgehead atoms. The van der Waals surface area contributed by atoms with Crippen LogP contribution in [0.2, 0.25) is 0 Å². The summed E-state index contributed by atoms with van der Waals surface area (Å²) in [6.07, 6.45) is 2.26. The Morgan fingerprint density at radius 2 is 1.91 bits per heavy atom. The molecule has 0 saturated carbocycles. The smallest absolute Gasteiger partial charge is 0.270 e. The number of piperazine rings is 1. The van der Waals surface area contributed by atoms with Gasteiger partial charge in [-0.1, -0.05) is 24.3 Å². The lowest BCUT2D eigenvalue weighted by Gasteiger charge is -2.35. The first kappa shape index (κ1) is 21.8. The molecule has 8 nitrogen and oxygen atoms in total. The Morgan fingerprint density at radius 3 is 2.66 bits per heavy atom. The number of carbonyl (C=O) groups excluding carboxylic acids is 2. The topological polar surface area (TPSA) is 85.2 Å². The molecule has 1 saturated heterocycles. The van der Waals surface area contributed by atoms with E-state index in [1.54, 1.807) is 22.6 Å². The molecule has 2 aliphatic rings. The van der Waals surface area contributed by atoms with Crippen LogP contribution in [0.3, 0.4) is 0 Å². The third-order valence-electron chi connectivity index (χ3n) is 6.62. The average Bonchev–Trinajstić information content (AvgIpc) is 3.69. The molecule has 5 heterocycles. The van der Waals surface area contributed by atoms with Crippen molar-refractivity contribution in [2.45, 2.75) is 12.5 Å². The van der Waals surface area contributed by atoms with E-state index < -0.39 is 0 Å². The van der Waals surface area contributed by atoms with Crippen molar-refractivity contribution in [3.05, 3.63) is 82.6 Å². The van der Waals surface area contributed by atoms with E-state index in [0.29, 0.717) is 44.1 Å². The second kappa shape index (κ2) is 9.16. The molecule has 1 atom stereocenters. The van der Waals surface area contributed by atoms with Crippen molar-refractivity contribution in [2.75, 3.05) is 32.7 Å². The van der Waals surface area contributed by atoms with Crippen LogP contribution in [0, 0.1) is 0 Å². The lowest BCUT2D eigenvalue weighted by molar-refractivity contribution is -0.134. The predicted molar refractivity (Wildman–Crippen MR) is 134 cm³/mol. The van der Waals surface area contributed by atoms with Crippen LogP contribution in [-0.2, 0) is 4.79 Å². The first-order valence-electron chi connectivity index (χ1n) is 11.7. The zero-order valence-corrected chi connectivity index (χ0v) is 19.9. The molecule has 6 rings (SSSR count). The van der Waals surface area contributed by atoms with Gasteiger partial charge in [-0.05, 0) is 35.7 Å². The number of H-pyrrole nitrogens is 1. The van der Waals surface area contributed by atoms with Gasteiger partial charge in [0.1, 0.15) is 17.2 Å². The summed E-state index contributed by atoms with van der Waals surface area (Å²) in [7, 11) is 0. The zero-order chi connectivity index (χ0) is 23.8. The van der Waals surface area contributed by atoms with Crippen LogP contribution >= 0.6 is 11.3 Å². The fraction of sp³-hybridized carbons (Fsp3) is 0.269. The van der Waals surface area contributed by atoms with E-state index in [1.165, 1.54) is 0 Å². The lowest BCUT2D eigenvalue weighted by atomic mass is 10.1. The molecule has 2 amide bonds. The van der Waals surface area contributed by atoms with Crippen LogP contribution in [0.5, 0.6) is 0 Å². The Kier molecular flexibility index (Phi) is 5.71. The number of hydrogen-bond acceptors (Lipinski definition) is 6. The first-order valence-corrected chi connectivity index (χ1v) is 12.6. The van der Waals surface area contributed by atoms with Gasteiger partial charge >= 0.3 is 0 Å². The number of carbonyl (C=O) groups is 2. The van der Waals surface area contributed by atoms with Crippen molar-refractivity contribution in [3.8, 4) is 0 Å². The number of thiophene rings is 1. The van der Waals surface area contributed by atoms with E-state index in [1.807, 2.05) is 64.9 Å². The minimum Gasteiger partial charge on any atom is -0.463 e. The van der Waals surface area contributed by atoms with Crippen molar-refractivity contribution in [2.24, 2.45) is 5.10 Å². The van der Waals surface area contributed by atoms with Crippen LogP contribution in [0.25, 0.3) is 10.9 Å². The van der Waals surface area contributed by atoms with Gasteiger partial charge in [-0.25, -0.2) is 5.01 Å². The van der Waals surface area contributed by atoms with Gasteiger partial charge in [0, 0.05) is 48.4 Å². The highest BCUT2D eigenvalue weighted by Crippen LogP contribution is 2.35. The van der Waals surface area contributed by atoms with E-state index in [9.17, 15) is 9.59 Å². The quantitative estimate of drug-likeness (QED) is 0.462. The predicted octanol–water partition coefficient (Wildman–Crippen LogP) is 3.96. The third kappa shape index (κ3) is 4.28. The fourth-order valence-corrected chi connectivity index (χ4v) is 5.58. The van der Waals surface area contributed by atoms with Crippen molar-refractivity contribution >= 4 is 39.8 Å². The number of amides is 2. The van der Waals surface area contributed by atoms with Crippen molar-refractivity contribution in [1.29, 1.82) is 0 Å². The monoisotopic (exact) mass is 487 g/mol. The van der Waals surface area contributed by atoms with Gasteiger partial charge < -0.3 is 14.3 Å². The number of hydrogen-bond donors (Lipinski definition) is 1. The van der Waals surface area contributed by atoms with Crippen LogP contribution in [0.4, 0.5) is 0 Å². The molecule has 0 aliphatic carbocycles. The molecule has 1 N–H and O–H groups in total. The number of nitrogens with zero attached hydrogens (tertiary/aromatic N) is 4. The normalized spacial score (nSPS) is 18.9. The van der Waals surface area contributed by atoms with Crippen molar-refractivity contribution < 1.29 is 14.0 Å². The van der Waals surface area contributed by atoms with Gasteiger partial charge in [-0.15, -0.1) is 11.3 Å². The van der Waals surface area contributed by atoms with Crippen LogP contribution < -0.4 is 0 Å². The third-order valence-corrected chi connectivity index (χ3v) is 7.60. The van der Waals surface area contributed by atoms with Crippen LogP contribution in [0.1, 0.15) is 33.6 Å². The Hall–Kier alpha value is -3.69. The largest absolute Gasteiger partial charge is 0.463 e. The number of benzene rings is 1. The molecule has 0 radical (unpaired) electrons. The second-order valence-corrected chi connectivity index (χ2v) is 9.82. The molecule has 1 aromatic carbocycles. The molecule has 3 aromatic heterocycles. The highest BCUT2D eigenvalue weighted by Gasteiger charge is 2.35. The van der Waals surface area contributed by atoms with E-state index in [2.05, 4.69) is 15.0 Å². The number of hydrazone groups is 1. The average molecular weight is 488 g/mol. The number of aromatic amines is 1. The molecule has 178 valence electrons. The lowest BCUT2D eigenvalue weighted by Crippen LogP contribution is -2.51. The number of nitrogens with one attached hydrogen (secondary N) is 1. The molecule has 35 heavy (non-hydrogen) atoms. The highest BCUT2D eigenvalue weighted by atomic mass is 32.1. The van der Waals surface area contributed by atoms with Gasteiger partial charge in [0.25, 0.3) is 11.8 Å².